The molecule has 0 radical (unpaired) electrons. The maximum Gasteiger partial charge on any atom is 0.124 e. The highest BCUT2D eigenvalue weighted by atomic mass is 32.1. The second-order valence-electron chi connectivity index (χ2n) is 4.16. The van der Waals surface area contributed by atoms with Crippen molar-refractivity contribution in [2.75, 3.05) is 0 Å². The van der Waals surface area contributed by atoms with Gasteiger partial charge in [-0.05, 0) is 48.1 Å². The number of halogens is 1. The van der Waals surface area contributed by atoms with Crippen LogP contribution in [-0.4, -0.2) is 5.11 Å². The Bertz CT molecular complexity index is 520. The maximum absolute atomic E-state index is 13.3. The second kappa shape index (κ2) is 4.59. The van der Waals surface area contributed by atoms with Crippen LogP contribution in [0.2, 0.25) is 0 Å². The SMILES string of the molecule is CCC(O)(c1cccc(F)c1)c1sccc1C. The highest BCUT2D eigenvalue weighted by Crippen LogP contribution is 2.38. The van der Waals surface area contributed by atoms with E-state index in [1.54, 1.807) is 12.1 Å². The zero-order valence-corrected chi connectivity index (χ0v) is 10.7. The number of benzene rings is 1. The summed E-state index contributed by atoms with van der Waals surface area (Å²) in [5.41, 5.74) is 0.578. The van der Waals surface area contributed by atoms with E-state index in [1.165, 1.54) is 23.5 Å². The summed E-state index contributed by atoms with van der Waals surface area (Å²) in [5, 5.41) is 12.7. The molecule has 1 aromatic carbocycles. The Morgan fingerprint density at radius 3 is 2.65 bits per heavy atom. The molecule has 2 aromatic rings. The lowest BCUT2D eigenvalue weighted by Crippen LogP contribution is -2.26. The molecular formula is C14H15FOS. The molecule has 0 aliphatic heterocycles. The summed E-state index contributed by atoms with van der Waals surface area (Å²) in [6.45, 7) is 3.87. The van der Waals surface area contributed by atoms with Gasteiger partial charge < -0.3 is 5.11 Å². The normalized spacial score (nSPS) is 14.6. The zero-order valence-electron chi connectivity index (χ0n) is 9.90. The van der Waals surface area contributed by atoms with Crippen LogP contribution in [0.25, 0.3) is 0 Å². The van der Waals surface area contributed by atoms with Gasteiger partial charge >= 0.3 is 0 Å². The fourth-order valence-electron chi connectivity index (χ4n) is 2.04. The minimum absolute atomic E-state index is 0.316. The van der Waals surface area contributed by atoms with Crippen LogP contribution >= 0.6 is 11.3 Å². The summed E-state index contributed by atoms with van der Waals surface area (Å²) in [6.07, 6.45) is 0.526. The molecule has 0 amide bonds. The Morgan fingerprint density at radius 2 is 2.12 bits per heavy atom. The summed E-state index contributed by atoms with van der Waals surface area (Å²) in [6, 6.07) is 8.17. The van der Waals surface area contributed by atoms with E-state index in [-0.39, 0.29) is 5.82 Å². The number of thiophene rings is 1. The first-order chi connectivity index (χ1) is 8.08. The predicted molar refractivity (Wildman–Crippen MR) is 68.7 cm³/mol. The molecule has 1 heterocycles. The van der Waals surface area contributed by atoms with Crippen LogP contribution in [0.1, 0.15) is 29.3 Å². The molecule has 1 atom stereocenters. The molecular weight excluding hydrogens is 235 g/mol. The zero-order chi connectivity index (χ0) is 12.5. The molecule has 0 spiro atoms. The van der Waals surface area contributed by atoms with E-state index in [4.69, 9.17) is 0 Å². The molecule has 90 valence electrons. The quantitative estimate of drug-likeness (QED) is 0.877. The van der Waals surface area contributed by atoms with Crippen LogP contribution in [0, 0.1) is 12.7 Å². The minimum atomic E-state index is -1.08. The first-order valence-corrected chi connectivity index (χ1v) is 6.49. The number of aryl methyl sites for hydroxylation is 1. The summed E-state index contributed by atoms with van der Waals surface area (Å²) in [4.78, 5) is 0.894. The Hall–Kier alpha value is -1.19. The Kier molecular flexibility index (Phi) is 3.31. The van der Waals surface area contributed by atoms with Crippen molar-refractivity contribution in [2.24, 2.45) is 0 Å². The van der Waals surface area contributed by atoms with Gasteiger partial charge in [0.25, 0.3) is 0 Å². The van der Waals surface area contributed by atoms with Crippen molar-refractivity contribution in [1.29, 1.82) is 0 Å². The maximum atomic E-state index is 13.3. The van der Waals surface area contributed by atoms with E-state index in [1.807, 2.05) is 25.3 Å². The average molecular weight is 250 g/mol. The summed E-state index contributed by atoms with van der Waals surface area (Å²) in [7, 11) is 0. The monoisotopic (exact) mass is 250 g/mol. The molecule has 2 rings (SSSR count). The van der Waals surface area contributed by atoms with Crippen LogP contribution in [0.5, 0.6) is 0 Å². The van der Waals surface area contributed by atoms with Crippen LogP contribution < -0.4 is 0 Å². The number of rotatable bonds is 3. The van der Waals surface area contributed by atoms with Gasteiger partial charge in [-0.2, -0.15) is 0 Å². The molecule has 3 heteroatoms. The Labute approximate surface area is 105 Å². The molecule has 0 saturated carbocycles. The van der Waals surface area contributed by atoms with Crippen LogP contribution in [0.15, 0.2) is 35.7 Å². The Balaban J connectivity index is 2.55. The average Bonchev–Trinajstić information content (AvgIpc) is 2.75. The predicted octanol–water partition coefficient (Wildman–Crippen LogP) is 3.84. The van der Waals surface area contributed by atoms with Crippen molar-refractivity contribution in [3.05, 3.63) is 57.5 Å². The molecule has 1 N–H and O–H groups in total. The van der Waals surface area contributed by atoms with Gasteiger partial charge in [-0.25, -0.2) is 4.39 Å². The summed E-state index contributed by atoms with van der Waals surface area (Å²) < 4.78 is 13.3. The standard InChI is InChI=1S/C14H15FOS/c1-3-14(16,13-10(2)7-8-17-13)11-5-4-6-12(15)9-11/h4-9,16H,3H2,1-2H3. The number of aliphatic hydroxyl groups is 1. The van der Waals surface area contributed by atoms with Crippen molar-refractivity contribution in [3.8, 4) is 0 Å². The third-order valence-corrected chi connectivity index (χ3v) is 4.22. The molecule has 1 unspecified atom stereocenters. The fourth-order valence-corrected chi connectivity index (χ4v) is 3.16. The van der Waals surface area contributed by atoms with Gasteiger partial charge in [-0.1, -0.05) is 19.1 Å². The Morgan fingerprint density at radius 1 is 1.35 bits per heavy atom. The molecule has 0 aliphatic rings. The molecule has 0 bridgehead atoms. The summed E-state index contributed by atoms with van der Waals surface area (Å²) in [5.74, 6) is -0.316. The lowest BCUT2D eigenvalue weighted by molar-refractivity contribution is 0.0794. The van der Waals surface area contributed by atoms with Gasteiger partial charge in [0.2, 0.25) is 0 Å². The van der Waals surface area contributed by atoms with Crippen LogP contribution in [0.4, 0.5) is 4.39 Å². The lowest BCUT2D eigenvalue weighted by Gasteiger charge is -2.27. The van der Waals surface area contributed by atoms with Crippen molar-refractivity contribution < 1.29 is 9.50 Å². The minimum Gasteiger partial charge on any atom is -0.380 e. The molecule has 1 aromatic heterocycles. The lowest BCUT2D eigenvalue weighted by atomic mass is 9.88. The smallest absolute Gasteiger partial charge is 0.124 e. The van der Waals surface area contributed by atoms with Crippen molar-refractivity contribution in [1.82, 2.24) is 0 Å². The highest BCUT2D eigenvalue weighted by molar-refractivity contribution is 7.10. The van der Waals surface area contributed by atoms with Crippen LogP contribution in [0.3, 0.4) is 0 Å². The van der Waals surface area contributed by atoms with Gasteiger partial charge in [-0.3, -0.25) is 0 Å². The number of hydrogen-bond donors (Lipinski definition) is 1. The molecule has 0 saturated heterocycles. The van der Waals surface area contributed by atoms with Gasteiger partial charge in [0, 0.05) is 4.88 Å². The van der Waals surface area contributed by atoms with Crippen molar-refractivity contribution in [3.63, 3.8) is 0 Å². The first-order valence-electron chi connectivity index (χ1n) is 5.61. The highest BCUT2D eigenvalue weighted by Gasteiger charge is 2.32. The first kappa shape index (κ1) is 12.3. The second-order valence-corrected chi connectivity index (χ2v) is 5.07. The topological polar surface area (TPSA) is 20.2 Å². The van der Waals surface area contributed by atoms with E-state index in [9.17, 15) is 9.50 Å². The fraction of sp³-hybridized carbons (Fsp3) is 0.286. The van der Waals surface area contributed by atoms with Crippen molar-refractivity contribution >= 4 is 11.3 Å². The van der Waals surface area contributed by atoms with E-state index >= 15 is 0 Å². The summed E-state index contributed by atoms with van der Waals surface area (Å²) >= 11 is 1.51. The van der Waals surface area contributed by atoms with Gasteiger partial charge in [0.1, 0.15) is 11.4 Å². The molecule has 0 aliphatic carbocycles. The van der Waals surface area contributed by atoms with E-state index in [2.05, 4.69) is 0 Å². The van der Waals surface area contributed by atoms with E-state index in [0.717, 1.165) is 10.4 Å². The van der Waals surface area contributed by atoms with Gasteiger partial charge in [0.05, 0.1) is 0 Å². The molecule has 0 fully saturated rings. The van der Waals surface area contributed by atoms with Gasteiger partial charge in [-0.15, -0.1) is 11.3 Å². The van der Waals surface area contributed by atoms with E-state index < -0.39 is 5.60 Å². The van der Waals surface area contributed by atoms with E-state index in [0.29, 0.717) is 12.0 Å². The third kappa shape index (κ3) is 2.13. The molecule has 17 heavy (non-hydrogen) atoms. The number of hydrogen-bond acceptors (Lipinski definition) is 2. The molecule has 1 nitrogen and oxygen atoms in total. The van der Waals surface area contributed by atoms with Crippen molar-refractivity contribution in [2.45, 2.75) is 25.9 Å². The largest absolute Gasteiger partial charge is 0.380 e. The third-order valence-electron chi connectivity index (χ3n) is 3.05. The van der Waals surface area contributed by atoms with Crippen LogP contribution in [-0.2, 0) is 5.60 Å². The van der Waals surface area contributed by atoms with Gasteiger partial charge in [0.15, 0.2) is 0 Å².